The molecule has 0 saturated carbocycles. The molecule has 1 atom stereocenters. The van der Waals surface area contributed by atoms with Crippen molar-refractivity contribution >= 4 is 45.7 Å². The number of H-pyrrole nitrogens is 1. The molecule has 4 rings (SSSR count). The van der Waals surface area contributed by atoms with Crippen LogP contribution >= 0.6 is 12.2 Å². The Hall–Kier alpha value is -3.19. The van der Waals surface area contributed by atoms with Crippen LogP contribution < -0.4 is 5.32 Å². The quantitative estimate of drug-likeness (QED) is 0.615. The summed E-state index contributed by atoms with van der Waals surface area (Å²) in [7, 11) is 0. The minimum atomic E-state index is -0.600. The Bertz CT molecular complexity index is 1060. The largest absolute Gasteiger partial charge is 0.361 e. The smallest absolute Gasteiger partial charge is 0.252 e. The van der Waals surface area contributed by atoms with Crippen molar-refractivity contribution in [2.24, 2.45) is 0 Å². The van der Waals surface area contributed by atoms with E-state index in [2.05, 4.69) is 10.3 Å². The summed E-state index contributed by atoms with van der Waals surface area (Å²) in [6.07, 6.45) is 1.90. The van der Waals surface area contributed by atoms with Crippen molar-refractivity contribution in [1.82, 2.24) is 14.8 Å². The number of aromatic nitrogens is 1. The van der Waals surface area contributed by atoms with Crippen molar-refractivity contribution in [3.8, 4) is 0 Å². The van der Waals surface area contributed by atoms with E-state index in [1.807, 2.05) is 72.6 Å². The van der Waals surface area contributed by atoms with Crippen LogP contribution in [0.1, 0.15) is 18.9 Å². The standard InChI is InChI=1S/C22H22N4O2S/c1-2-25-21(28)19(26(22(25)29)14-15-6-4-3-5-7-15)13-20(27)24-17-9-8-16-10-11-23-18(16)12-17/h3-12,19,23H,2,13-14H2,1H3,(H,24,27). The summed E-state index contributed by atoms with van der Waals surface area (Å²) in [4.78, 5) is 32.2. The van der Waals surface area contributed by atoms with Gasteiger partial charge in [0.15, 0.2) is 5.11 Å². The number of nitrogens with one attached hydrogen (secondary N) is 2. The fraction of sp³-hybridized carbons (Fsp3) is 0.227. The maximum atomic E-state index is 12.9. The highest BCUT2D eigenvalue weighted by Gasteiger charge is 2.42. The van der Waals surface area contributed by atoms with E-state index in [4.69, 9.17) is 12.2 Å². The number of hydrogen-bond acceptors (Lipinski definition) is 3. The van der Waals surface area contributed by atoms with Gasteiger partial charge in [-0.05, 0) is 48.3 Å². The van der Waals surface area contributed by atoms with E-state index in [-0.39, 0.29) is 18.2 Å². The van der Waals surface area contributed by atoms with Crippen LogP contribution in [0.3, 0.4) is 0 Å². The molecule has 0 spiro atoms. The SMILES string of the molecule is CCN1C(=O)C(CC(=O)Nc2ccc3cc[nH]c3c2)N(Cc2ccccc2)C1=S. The van der Waals surface area contributed by atoms with Gasteiger partial charge in [0.2, 0.25) is 5.91 Å². The summed E-state index contributed by atoms with van der Waals surface area (Å²) in [5.74, 6) is -0.337. The number of carbonyl (C=O) groups is 2. The van der Waals surface area contributed by atoms with E-state index in [1.165, 1.54) is 0 Å². The molecule has 1 aromatic heterocycles. The van der Waals surface area contributed by atoms with Crippen molar-refractivity contribution in [2.75, 3.05) is 11.9 Å². The number of thiocarbonyl (C=S) groups is 1. The molecule has 7 heteroatoms. The van der Waals surface area contributed by atoms with Gasteiger partial charge < -0.3 is 15.2 Å². The number of carbonyl (C=O) groups excluding carboxylic acids is 2. The van der Waals surface area contributed by atoms with E-state index in [9.17, 15) is 9.59 Å². The Morgan fingerprint density at radius 2 is 1.97 bits per heavy atom. The summed E-state index contributed by atoms with van der Waals surface area (Å²) in [6, 6.07) is 16.9. The molecule has 1 aliphatic heterocycles. The highest BCUT2D eigenvalue weighted by molar-refractivity contribution is 7.80. The van der Waals surface area contributed by atoms with Crippen molar-refractivity contribution in [2.45, 2.75) is 25.9 Å². The maximum absolute atomic E-state index is 12.9. The number of benzene rings is 2. The predicted octanol–water partition coefficient (Wildman–Crippen LogP) is 3.51. The molecule has 0 aliphatic carbocycles. The van der Waals surface area contributed by atoms with Gasteiger partial charge in [-0.2, -0.15) is 0 Å². The Labute approximate surface area is 174 Å². The van der Waals surface area contributed by atoms with Gasteiger partial charge in [-0.3, -0.25) is 14.5 Å². The molecule has 1 unspecified atom stereocenters. The molecule has 2 aromatic carbocycles. The van der Waals surface area contributed by atoms with Gasteiger partial charge in [0.1, 0.15) is 6.04 Å². The average Bonchev–Trinajstić information content (AvgIpc) is 3.27. The summed E-state index contributed by atoms with van der Waals surface area (Å²) < 4.78 is 0. The van der Waals surface area contributed by atoms with Crippen LogP contribution in [0.2, 0.25) is 0 Å². The van der Waals surface area contributed by atoms with Gasteiger partial charge in [0.05, 0.1) is 6.42 Å². The fourth-order valence-electron chi connectivity index (χ4n) is 3.66. The molecule has 2 amide bonds. The molecule has 0 bridgehead atoms. The lowest BCUT2D eigenvalue weighted by Crippen LogP contribution is -2.37. The molecule has 3 aromatic rings. The van der Waals surface area contributed by atoms with Crippen LogP contribution in [0.5, 0.6) is 0 Å². The highest BCUT2D eigenvalue weighted by Crippen LogP contribution is 2.24. The van der Waals surface area contributed by atoms with E-state index < -0.39 is 6.04 Å². The van der Waals surface area contributed by atoms with Crippen LogP contribution in [-0.4, -0.2) is 44.3 Å². The lowest BCUT2D eigenvalue weighted by Gasteiger charge is -2.23. The summed E-state index contributed by atoms with van der Waals surface area (Å²) in [5.41, 5.74) is 2.69. The third kappa shape index (κ3) is 3.86. The van der Waals surface area contributed by atoms with Gasteiger partial charge >= 0.3 is 0 Å². The van der Waals surface area contributed by atoms with E-state index in [0.717, 1.165) is 16.5 Å². The molecule has 1 aliphatic rings. The first kappa shape index (κ1) is 19.1. The Morgan fingerprint density at radius 1 is 1.17 bits per heavy atom. The highest BCUT2D eigenvalue weighted by atomic mass is 32.1. The maximum Gasteiger partial charge on any atom is 0.252 e. The van der Waals surface area contributed by atoms with Crippen LogP contribution in [0, 0.1) is 0 Å². The molecule has 1 fully saturated rings. The molecule has 148 valence electrons. The number of rotatable bonds is 6. The van der Waals surface area contributed by atoms with Gasteiger partial charge in [-0.15, -0.1) is 0 Å². The number of hydrogen-bond donors (Lipinski definition) is 2. The third-order valence-corrected chi connectivity index (χ3v) is 5.59. The first-order chi connectivity index (χ1) is 14.1. The Balaban J connectivity index is 1.51. The second-order valence-electron chi connectivity index (χ2n) is 7.03. The zero-order chi connectivity index (χ0) is 20.4. The second kappa shape index (κ2) is 8.05. The molecule has 2 heterocycles. The number of fused-ring (bicyclic) bond motifs is 1. The molecule has 2 N–H and O–H groups in total. The topological polar surface area (TPSA) is 68.4 Å². The number of anilines is 1. The van der Waals surface area contributed by atoms with Crippen molar-refractivity contribution in [1.29, 1.82) is 0 Å². The monoisotopic (exact) mass is 406 g/mol. The molecule has 6 nitrogen and oxygen atoms in total. The third-order valence-electron chi connectivity index (χ3n) is 5.13. The molecular weight excluding hydrogens is 384 g/mol. The normalized spacial score (nSPS) is 16.7. The zero-order valence-electron chi connectivity index (χ0n) is 16.1. The minimum absolute atomic E-state index is 0.0467. The molecule has 0 radical (unpaired) electrons. The van der Waals surface area contributed by atoms with Crippen molar-refractivity contribution in [3.05, 3.63) is 66.4 Å². The van der Waals surface area contributed by atoms with Gasteiger partial charge in [0.25, 0.3) is 5.91 Å². The fourth-order valence-corrected chi connectivity index (χ4v) is 4.07. The zero-order valence-corrected chi connectivity index (χ0v) is 16.9. The van der Waals surface area contributed by atoms with E-state index in [1.54, 1.807) is 4.90 Å². The predicted molar refractivity (Wildman–Crippen MR) is 117 cm³/mol. The molecule has 29 heavy (non-hydrogen) atoms. The number of aromatic amines is 1. The number of amides is 2. The minimum Gasteiger partial charge on any atom is -0.361 e. The van der Waals surface area contributed by atoms with E-state index in [0.29, 0.717) is 23.9 Å². The Kier molecular flexibility index (Phi) is 5.31. The first-order valence-corrected chi connectivity index (χ1v) is 10.0. The van der Waals surface area contributed by atoms with Crippen LogP contribution in [0.4, 0.5) is 5.69 Å². The van der Waals surface area contributed by atoms with Crippen molar-refractivity contribution in [3.63, 3.8) is 0 Å². The van der Waals surface area contributed by atoms with Gasteiger partial charge in [-0.25, -0.2) is 0 Å². The van der Waals surface area contributed by atoms with Crippen LogP contribution in [0.25, 0.3) is 10.9 Å². The second-order valence-corrected chi connectivity index (χ2v) is 7.39. The van der Waals surface area contributed by atoms with Crippen molar-refractivity contribution < 1.29 is 9.59 Å². The number of likely N-dealkylation sites (N-methyl/N-ethyl adjacent to an activating group) is 1. The first-order valence-electron chi connectivity index (χ1n) is 9.59. The summed E-state index contributed by atoms with van der Waals surface area (Å²) in [5, 5.41) is 4.46. The van der Waals surface area contributed by atoms with Gasteiger partial charge in [0, 0.05) is 30.5 Å². The lowest BCUT2D eigenvalue weighted by atomic mass is 10.1. The summed E-state index contributed by atoms with van der Waals surface area (Å²) >= 11 is 5.54. The molecule has 1 saturated heterocycles. The number of nitrogens with zero attached hydrogens (tertiary/aromatic N) is 2. The van der Waals surface area contributed by atoms with Gasteiger partial charge in [-0.1, -0.05) is 36.4 Å². The Morgan fingerprint density at radius 3 is 2.72 bits per heavy atom. The lowest BCUT2D eigenvalue weighted by molar-refractivity contribution is -0.130. The summed E-state index contributed by atoms with van der Waals surface area (Å²) in [6.45, 7) is 2.87. The van der Waals surface area contributed by atoms with Crippen LogP contribution in [0.15, 0.2) is 60.8 Å². The van der Waals surface area contributed by atoms with E-state index >= 15 is 0 Å². The average molecular weight is 407 g/mol. The van der Waals surface area contributed by atoms with Crippen LogP contribution in [-0.2, 0) is 16.1 Å². The molecular formula is C22H22N4O2S.